The lowest BCUT2D eigenvalue weighted by molar-refractivity contribution is -0.384. The maximum absolute atomic E-state index is 13.4. The van der Waals surface area contributed by atoms with Gasteiger partial charge in [-0.3, -0.25) is 14.9 Å². The number of nitrogens with one attached hydrogen (secondary N) is 1. The van der Waals surface area contributed by atoms with Gasteiger partial charge >= 0.3 is 0 Å². The molecule has 0 heterocycles. The van der Waals surface area contributed by atoms with Gasteiger partial charge in [-0.15, -0.1) is 0 Å². The van der Waals surface area contributed by atoms with Gasteiger partial charge in [-0.2, -0.15) is 0 Å². The Hall–Kier alpha value is -2.02. The zero-order valence-corrected chi connectivity index (χ0v) is 9.97. The number of hydrogen-bond donors (Lipinski definition) is 1. The maximum Gasteiger partial charge on any atom is 0.270 e. The number of nitro benzene ring substituents is 1. The zero-order valence-electron chi connectivity index (χ0n) is 9.97. The van der Waals surface area contributed by atoms with Crippen molar-refractivity contribution >= 4 is 11.6 Å². The SMILES string of the molecule is COCC(C)NC(=O)c1cc([N+](=O)[O-])ccc1F. The van der Waals surface area contributed by atoms with Crippen LogP contribution in [0.3, 0.4) is 0 Å². The number of amides is 1. The first-order valence-corrected chi connectivity index (χ1v) is 5.19. The highest BCUT2D eigenvalue weighted by molar-refractivity contribution is 5.95. The summed E-state index contributed by atoms with van der Waals surface area (Å²) in [6.45, 7) is 1.94. The third kappa shape index (κ3) is 3.49. The molecular formula is C11H13FN2O4. The maximum atomic E-state index is 13.4. The summed E-state index contributed by atoms with van der Waals surface area (Å²) in [5.41, 5.74) is -0.687. The van der Waals surface area contributed by atoms with Gasteiger partial charge < -0.3 is 10.1 Å². The van der Waals surface area contributed by atoms with Gasteiger partial charge in [-0.1, -0.05) is 0 Å². The number of methoxy groups -OCH3 is 1. The van der Waals surface area contributed by atoms with E-state index in [0.717, 1.165) is 18.2 Å². The lowest BCUT2D eigenvalue weighted by atomic mass is 10.1. The topological polar surface area (TPSA) is 81.5 Å². The molecule has 0 spiro atoms. The van der Waals surface area contributed by atoms with Crippen LogP contribution in [0.4, 0.5) is 10.1 Å². The molecular weight excluding hydrogens is 243 g/mol. The van der Waals surface area contributed by atoms with Crippen LogP contribution in [0.25, 0.3) is 0 Å². The monoisotopic (exact) mass is 256 g/mol. The summed E-state index contributed by atoms with van der Waals surface area (Å²) in [7, 11) is 1.47. The Kier molecular flexibility index (Phi) is 4.73. The molecule has 1 rings (SSSR count). The number of benzene rings is 1. The quantitative estimate of drug-likeness (QED) is 0.639. The van der Waals surface area contributed by atoms with E-state index >= 15 is 0 Å². The van der Waals surface area contributed by atoms with Gasteiger partial charge in [-0.25, -0.2) is 4.39 Å². The molecule has 0 saturated carbocycles. The molecule has 18 heavy (non-hydrogen) atoms. The molecule has 0 aliphatic heterocycles. The number of rotatable bonds is 5. The van der Waals surface area contributed by atoms with Crippen LogP contribution in [0.1, 0.15) is 17.3 Å². The van der Waals surface area contributed by atoms with Crippen molar-refractivity contribution in [3.05, 3.63) is 39.7 Å². The summed E-state index contributed by atoms with van der Waals surface area (Å²) in [5.74, 6) is -1.51. The van der Waals surface area contributed by atoms with Crippen LogP contribution in [0.15, 0.2) is 18.2 Å². The third-order valence-electron chi connectivity index (χ3n) is 2.20. The molecule has 0 aromatic heterocycles. The molecule has 1 aromatic rings. The summed E-state index contributed by atoms with van der Waals surface area (Å²) in [6, 6.07) is 2.49. The van der Waals surface area contributed by atoms with Gasteiger partial charge in [0.05, 0.1) is 17.1 Å². The summed E-state index contributed by atoms with van der Waals surface area (Å²) in [4.78, 5) is 21.6. The van der Waals surface area contributed by atoms with Crippen molar-refractivity contribution in [2.24, 2.45) is 0 Å². The second kappa shape index (κ2) is 6.06. The van der Waals surface area contributed by atoms with Crippen LogP contribution in [0, 0.1) is 15.9 Å². The van der Waals surface area contributed by atoms with E-state index in [2.05, 4.69) is 5.32 Å². The number of hydrogen-bond acceptors (Lipinski definition) is 4. The highest BCUT2D eigenvalue weighted by Gasteiger charge is 2.18. The fourth-order valence-electron chi connectivity index (χ4n) is 1.39. The molecule has 0 fully saturated rings. The number of carbonyl (C=O) groups is 1. The molecule has 1 amide bonds. The van der Waals surface area contributed by atoms with Gasteiger partial charge in [0.1, 0.15) is 5.82 Å². The molecule has 98 valence electrons. The molecule has 0 radical (unpaired) electrons. The van der Waals surface area contributed by atoms with Crippen molar-refractivity contribution in [2.45, 2.75) is 13.0 Å². The van der Waals surface area contributed by atoms with E-state index in [4.69, 9.17) is 4.74 Å². The Morgan fingerprint density at radius 2 is 2.28 bits per heavy atom. The van der Waals surface area contributed by atoms with E-state index in [1.807, 2.05) is 0 Å². The predicted molar refractivity (Wildman–Crippen MR) is 61.9 cm³/mol. The highest BCUT2D eigenvalue weighted by atomic mass is 19.1. The second-order valence-electron chi connectivity index (χ2n) is 3.75. The van der Waals surface area contributed by atoms with E-state index in [0.29, 0.717) is 0 Å². The second-order valence-corrected chi connectivity index (χ2v) is 3.75. The molecule has 1 aromatic carbocycles. The summed E-state index contributed by atoms with van der Waals surface area (Å²) in [6.07, 6.45) is 0. The fraction of sp³-hybridized carbons (Fsp3) is 0.364. The number of ether oxygens (including phenoxy) is 1. The van der Waals surface area contributed by atoms with Crippen molar-refractivity contribution < 1.29 is 18.8 Å². The third-order valence-corrected chi connectivity index (χ3v) is 2.20. The summed E-state index contributed by atoms with van der Waals surface area (Å²) < 4.78 is 18.2. The van der Waals surface area contributed by atoms with Gasteiger partial charge in [0.25, 0.3) is 11.6 Å². The van der Waals surface area contributed by atoms with Crippen molar-refractivity contribution in [1.29, 1.82) is 0 Å². The van der Waals surface area contributed by atoms with Crippen LogP contribution in [0.5, 0.6) is 0 Å². The van der Waals surface area contributed by atoms with Crippen LogP contribution in [-0.4, -0.2) is 30.6 Å². The van der Waals surface area contributed by atoms with Gasteiger partial charge in [0, 0.05) is 25.3 Å². The molecule has 0 aliphatic rings. The largest absolute Gasteiger partial charge is 0.383 e. The standard InChI is InChI=1S/C11H13FN2O4/c1-7(6-18-2)13-11(15)9-5-8(14(16)17)3-4-10(9)12/h3-5,7H,6H2,1-2H3,(H,13,15). The Labute approximate surface area is 103 Å². The van der Waals surface area contributed by atoms with Crippen LogP contribution >= 0.6 is 0 Å². The number of non-ortho nitro benzene ring substituents is 1. The van der Waals surface area contributed by atoms with E-state index in [1.54, 1.807) is 6.92 Å². The number of carbonyl (C=O) groups excluding carboxylic acids is 1. The molecule has 7 heteroatoms. The van der Waals surface area contributed by atoms with Crippen molar-refractivity contribution in [2.75, 3.05) is 13.7 Å². The average Bonchev–Trinajstić information content (AvgIpc) is 2.29. The molecule has 1 atom stereocenters. The summed E-state index contributed by atoms with van der Waals surface area (Å²) in [5, 5.41) is 13.0. The Morgan fingerprint density at radius 3 is 2.83 bits per heavy atom. The number of halogens is 1. The molecule has 0 bridgehead atoms. The molecule has 0 aliphatic carbocycles. The number of nitrogens with zero attached hydrogens (tertiary/aromatic N) is 1. The van der Waals surface area contributed by atoms with Crippen molar-refractivity contribution in [3.8, 4) is 0 Å². The number of nitro groups is 1. The van der Waals surface area contributed by atoms with E-state index < -0.39 is 16.6 Å². The van der Waals surface area contributed by atoms with Gasteiger partial charge in [0.2, 0.25) is 0 Å². The van der Waals surface area contributed by atoms with E-state index in [1.165, 1.54) is 7.11 Å². The lowest BCUT2D eigenvalue weighted by Gasteiger charge is -2.12. The Balaban J connectivity index is 2.91. The average molecular weight is 256 g/mol. The lowest BCUT2D eigenvalue weighted by Crippen LogP contribution is -2.36. The minimum absolute atomic E-state index is 0.266. The van der Waals surface area contributed by atoms with Gasteiger partial charge in [0.15, 0.2) is 0 Å². The van der Waals surface area contributed by atoms with Crippen LogP contribution < -0.4 is 5.32 Å². The minimum atomic E-state index is -0.803. The predicted octanol–water partition coefficient (Wildman–Crippen LogP) is 1.50. The highest BCUT2D eigenvalue weighted by Crippen LogP contribution is 2.16. The Bertz CT molecular complexity index is 464. The zero-order chi connectivity index (χ0) is 13.7. The molecule has 6 nitrogen and oxygen atoms in total. The normalized spacial score (nSPS) is 11.9. The first-order valence-electron chi connectivity index (χ1n) is 5.19. The van der Waals surface area contributed by atoms with Gasteiger partial charge in [-0.05, 0) is 13.0 Å². The molecule has 0 saturated heterocycles. The molecule has 1 N–H and O–H groups in total. The minimum Gasteiger partial charge on any atom is -0.383 e. The first kappa shape index (κ1) is 14.0. The smallest absolute Gasteiger partial charge is 0.270 e. The summed E-state index contributed by atoms with van der Waals surface area (Å²) >= 11 is 0. The van der Waals surface area contributed by atoms with Crippen LogP contribution in [-0.2, 0) is 4.74 Å². The van der Waals surface area contributed by atoms with E-state index in [-0.39, 0.29) is 23.9 Å². The van der Waals surface area contributed by atoms with E-state index in [9.17, 15) is 19.3 Å². The fourth-order valence-corrected chi connectivity index (χ4v) is 1.39. The van der Waals surface area contributed by atoms with Crippen LogP contribution in [0.2, 0.25) is 0 Å². The van der Waals surface area contributed by atoms with Crippen molar-refractivity contribution in [3.63, 3.8) is 0 Å². The Morgan fingerprint density at radius 1 is 1.61 bits per heavy atom. The van der Waals surface area contributed by atoms with Crippen molar-refractivity contribution in [1.82, 2.24) is 5.32 Å². The first-order chi connectivity index (χ1) is 8.45. The molecule has 1 unspecified atom stereocenters.